The number of thioether (sulfide) groups is 1. The number of furan rings is 1. The minimum absolute atomic E-state index is 0.0163. The van der Waals surface area contributed by atoms with Gasteiger partial charge in [0, 0.05) is 23.3 Å². The number of nitro benzene ring substituents is 1. The van der Waals surface area contributed by atoms with Gasteiger partial charge in [-0.1, -0.05) is 24.3 Å². The number of halogens is 1. The molecular formula is C22H15FN2O5S. The Morgan fingerprint density at radius 2 is 1.87 bits per heavy atom. The average Bonchev–Trinajstić information content (AvgIpc) is 3.30. The van der Waals surface area contributed by atoms with Crippen LogP contribution in [0.4, 0.5) is 14.9 Å². The summed E-state index contributed by atoms with van der Waals surface area (Å²) in [6, 6.07) is 13.6. The van der Waals surface area contributed by atoms with Crippen molar-refractivity contribution in [3.63, 3.8) is 0 Å². The largest absolute Gasteiger partial charge is 0.457 e. The molecule has 7 nitrogen and oxygen atoms in total. The molecule has 0 saturated carbocycles. The van der Waals surface area contributed by atoms with Gasteiger partial charge in [0.05, 0.1) is 16.4 Å². The van der Waals surface area contributed by atoms with Crippen LogP contribution in [-0.2, 0) is 11.3 Å². The van der Waals surface area contributed by atoms with E-state index in [1.165, 1.54) is 36.4 Å². The summed E-state index contributed by atoms with van der Waals surface area (Å²) in [7, 11) is 0. The van der Waals surface area contributed by atoms with Crippen LogP contribution in [0.3, 0.4) is 0 Å². The first-order chi connectivity index (χ1) is 14.8. The second-order valence-electron chi connectivity index (χ2n) is 6.85. The van der Waals surface area contributed by atoms with Gasteiger partial charge in [-0.3, -0.25) is 24.6 Å². The molecule has 9 heteroatoms. The van der Waals surface area contributed by atoms with Crippen molar-refractivity contribution in [3.05, 3.63) is 92.3 Å². The Balaban J connectivity index is 1.55. The maximum absolute atomic E-state index is 13.1. The van der Waals surface area contributed by atoms with Crippen LogP contribution in [0.25, 0.3) is 17.4 Å². The number of benzene rings is 2. The summed E-state index contributed by atoms with van der Waals surface area (Å²) in [5.74, 6) is -0.126. The Morgan fingerprint density at radius 1 is 1.13 bits per heavy atom. The van der Waals surface area contributed by atoms with Crippen molar-refractivity contribution in [2.75, 3.05) is 0 Å². The van der Waals surface area contributed by atoms with Crippen molar-refractivity contribution in [3.8, 4) is 11.3 Å². The van der Waals surface area contributed by atoms with Crippen molar-refractivity contribution in [1.29, 1.82) is 0 Å². The Hall–Kier alpha value is -3.72. The maximum Gasteiger partial charge on any atom is 0.293 e. The quantitative estimate of drug-likeness (QED) is 0.295. The third kappa shape index (κ3) is 4.26. The van der Waals surface area contributed by atoms with E-state index in [1.54, 1.807) is 31.2 Å². The van der Waals surface area contributed by atoms with Gasteiger partial charge in [0.15, 0.2) is 0 Å². The molecular weight excluding hydrogens is 423 g/mol. The number of hydrogen-bond donors (Lipinski definition) is 0. The van der Waals surface area contributed by atoms with Crippen molar-refractivity contribution in [2.24, 2.45) is 0 Å². The highest BCUT2D eigenvalue weighted by molar-refractivity contribution is 8.18. The number of nitrogens with zero attached hydrogens (tertiary/aromatic N) is 2. The number of carbonyl (C=O) groups excluding carboxylic acids is 2. The lowest BCUT2D eigenvalue weighted by Crippen LogP contribution is -2.27. The number of rotatable bonds is 5. The van der Waals surface area contributed by atoms with Gasteiger partial charge >= 0.3 is 0 Å². The molecule has 0 aliphatic carbocycles. The molecule has 0 spiro atoms. The second kappa shape index (κ2) is 8.19. The lowest BCUT2D eigenvalue weighted by Gasteiger charge is -2.12. The van der Waals surface area contributed by atoms with Gasteiger partial charge in [0.25, 0.3) is 16.8 Å². The predicted molar refractivity (Wildman–Crippen MR) is 113 cm³/mol. The number of hydrogen-bond acceptors (Lipinski definition) is 6. The summed E-state index contributed by atoms with van der Waals surface area (Å²) < 4.78 is 18.8. The number of carbonyl (C=O) groups is 2. The van der Waals surface area contributed by atoms with Crippen LogP contribution in [0.15, 0.2) is 63.9 Å². The summed E-state index contributed by atoms with van der Waals surface area (Å²) in [5.41, 5.74) is 1.68. The van der Waals surface area contributed by atoms with E-state index in [4.69, 9.17) is 4.42 Å². The van der Waals surface area contributed by atoms with Crippen LogP contribution in [-0.4, -0.2) is 21.0 Å². The standard InChI is InChI=1S/C22H15FN2O5S/c1-13-2-5-15(10-18(13)25(28)29)19-9-8-17(30-19)11-20-21(26)24(22(27)31-20)12-14-3-6-16(23)7-4-14/h2-11H,12H2,1H3/b20-11+. The maximum atomic E-state index is 13.1. The molecule has 0 unspecified atom stereocenters. The molecule has 3 aromatic rings. The van der Waals surface area contributed by atoms with E-state index in [2.05, 4.69) is 0 Å². The molecule has 1 saturated heterocycles. The molecule has 0 radical (unpaired) electrons. The Kier molecular flexibility index (Phi) is 5.43. The number of amides is 2. The van der Waals surface area contributed by atoms with Crippen LogP contribution in [0.5, 0.6) is 0 Å². The molecule has 4 rings (SSSR count). The fraction of sp³-hybridized carbons (Fsp3) is 0.0909. The van der Waals surface area contributed by atoms with Gasteiger partial charge in [0.2, 0.25) is 0 Å². The molecule has 1 aromatic heterocycles. The lowest BCUT2D eigenvalue weighted by atomic mass is 10.1. The third-order valence-corrected chi connectivity index (χ3v) is 5.63. The number of nitro groups is 1. The molecule has 156 valence electrons. The van der Waals surface area contributed by atoms with Gasteiger partial charge in [-0.25, -0.2) is 4.39 Å². The monoisotopic (exact) mass is 438 g/mol. The van der Waals surface area contributed by atoms with E-state index < -0.39 is 21.9 Å². The predicted octanol–water partition coefficient (Wildman–Crippen LogP) is 5.54. The number of imide groups is 1. The first-order valence-corrected chi connectivity index (χ1v) is 9.98. The van der Waals surface area contributed by atoms with E-state index in [0.29, 0.717) is 28.2 Å². The molecule has 1 aliphatic heterocycles. The Labute approximate surface area is 180 Å². The van der Waals surface area contributed by atoms with Crippen molar-refractivity contribution < 1.29 is 23.3 Å². The highest BCUT2D eigenvalue weighted by Gasteiger charge is 2.35. The van der Waals surface area contributed by atoms with Crippen LogP contribution >= 0.6 is 11.8 Å². The van der Waals surface area contributed by atoms with E-state index in [-0.39, 0.29) is 17.1 Å². The van der Waals surface area contributed by atoms with Crippen LogP contribution in [0.1, 0.15) is 16.9 Å². The van der Waals surface area contributed by atoms with Crippen LogP contribution < -0.4 is 0 Å². The molecule has 2 heterocycles. The molecule has 2 aromatic carbocycles. The average molecular weight is 438 g/mol. The van der Waals surface area contributed by atoms with Gasteiger partial charge in [0.1, 0.15) is 17.3 Å². The molecule has 0 atom stereocenters. The second-order valence-corrected chi connectivity index (χ2v) is 7.85. The minimum Gasteiger partial charge on any atom is -0.457 e. The van der Waals surface area contributed by atoms with E-state index in [1.807, 2.05) is 0 Å². The summed E-state index contributed by atoms with van der Waals surface area (Å²) in [4.78, 5) is 36.9. The fourth-order valence-electron chi connectivity index (χ4n) is 3.08. The third-order valence-electron chi connectivity index (χ3n) is 4.72. The topological polar surface area (TPSA) is 93.7 Å². The Bertz CT molecular complexity index is 1230. The van der Waals surface area contributed by atoms with E-state index in [0.717, 1.165) is 16.7 Å². The molecule has 0 N–H and O–H groups in total. The van der Waals surface area contributed by atoms with Crippen molar-refractivity contribution in [1.82, 2.24) is 4.90 Å². The molecule has 2 amide bonds. The van der Waals surface area contributed by atoms with Crippen molar-refractivity contribution in [2.45, 2.75) is 13.5 Å². The van der Waals surface area contributed by atoms with Gasteiger partial charge in [-0.15, -0.1) is 0 Å². The lowest BCUT2D eigenvalue weighted by molar-refractivity contribution is -0.385. The van der Waals surface area contributed by atoms with Gasteiger partial charge < -0.3 is 4.42 Å². The van der Waals surface area contributed by atoms with E-state index in [9.17, 15) is 24.1 Å². The minimum atomic E-state index is -0.469. The summed E-state index contributed by atoms with van der Waals surface area (Å²) >= 11 is 0.788. The summed E-state index contributed by atoms with van der Waals surface area (Å²) in [6.07, 6.45) is 1.46. The van der Waals surface area contributed by atoms with Crippen LogP contribution in [0.2, 0.25) is 0 Å². The highest BCUT2D eigenvalue weighted by atomic mass is 32.2. The zero-order chi connectivity index (χ0) is 22.1. The molecule has 0 bridgehead atoms. The smallest absolute Gasteiger partial charge is 0.293 e. The zero-order valence-corrected chi connectivity index (χ0v) is 17.0. The zero-order valence-electron chi connectivity index (χ0n) is 16.2. The van der Waals surface area contributed by atoms with Crippen molar-refractivity contribution >= 4 is 34.7 Å². The first kappa shape index (κ1) is 20.5. The highest BCUT2D eigenvalue weighted by Crippen LogP contribution is 2.35. The fourth-order valence-corrected chi connectivity index (χ4v) is 3.90. The summed E-state index contributed by atoms with van der Waals surface area (Å²) in [6.45, 7) is 1.69. The van der Waals surface area contributed by atoms with Crippen LogP contribution in [0, 0.1) is 22.9 Å². The Morgan fingerprint density at radius 3 is 2.58 bits per heavy atom. The summed E-state index contributed by atoms with van der Waals surface area (Å²) in [5, 5.41) is 10.7. The SMILES string of the molecule is Cc1ccc(-c2ccc(/C=C3/SC(=O)N(Cc4ccc(F)cc4)C3=O)o2)cc1[N+](=O)[O-]. The normalized spacial score (nSPS) is 15.2. The molecule has 1 aliphatic rings. The van der Waals surface area contributed by atoms with Gasteiger partial charge in [-0.2, -0.15) is 0 Å². The van der Waals surface area contributed by atoms with E-state index >= 15 is 0 Å². The number of aryl methyl sites for hydroxylation is 1. The van der Waals surface area contributed by atoms with Gasteiger partial charge in [-0.05, 0) is 48.5 Å². The molecule has 1 fully saturated rings. The molecule has 31 heavy (non-hydrogen) atoms. The first-order valence-electron chi connectivity index (χ1n) is 9.17.